The van der Waals surface area contributed by atoms with Crippen LogP contribution in [0.2, 0.25) is 0 Å². The molecule has 0 aliphatic heterocycles. The Labute approximate surface area is 105 Å². The standard InChI is InChI=1S/C12H15N3O3/c1-3-4-10(13)12(16)14-9-6-5-8(2)11(7-9)15(17)18/h3,5-7,10H,1,4,13H2,2H3,(H,14,16). The molecular weight excluding hydrogens is 234 g/mol. The lowest BCUT2D eigenvalue weighted by atomic mass is 10.1. The molecule has 6 nitrogen and oxygen atoms in total. The van der Waals surface area contributed by atoms with Crippen LogP contribution in [-0.2, 0) is 4.79 Å². The van der Waals surface area contributed by atoms with Crippen molar-refractivity contribution < 1.29 is 9.72 Å². The summed E-state index contributed by atoms with van der Waals surface area (Å²) in [6.07, 6.45) is 1.89. The van der Waals surface area contributed by atoms with Crippen molar-refractivity contribution in [2.75, 3.05) is 5.32 Å². The van der Waals surface area contributed by atoms with Gasteiger partial charge in [-0.15, -0.1) is 6.58 Å². The van der Waals surface area contributed by atoms with E-state index in [9.17, 15) is 14.9 Å². The predicted octanol–water partition coefficient (Wildman–Crippen LogP) is 1.75. The molecule has 1 atom stereocenters. The van der Waals surface area contributed by atoms with Crippen LogP contribution in [0.4, 0.5) is 11.4 Å². The maximum atomic E-state index is 11.6. The summed E-state index contributed by atoms with van der Waals surface area (Å²) in [5.41, 5.74) is 6.44. The van der Waals surface area contributed by atoms with Gasteiger partial charge in [0.2, 0.25) is 5.91 Å². The number of nitrogens with zero attached hydrogens (tertiary/aromatic N) is 1. The third-order valence-electron chi connectivity index (χ3n) is 2.43. The quantitative estimate of drug-likeness (QED) is 0.471. The molecule has 0 saturated carbocycles. The number of amides is 1. The van der Waals surface area contributed by atoms with E-state index in [1.807, 2.05) is 0 Å². The van der Waals surface area contributed by atoms with E-state index < -0.39 is 16.9 Å². The zero-order valence-electron chi connectivity index (χ0n) is 10.1. The molecule has 0 bridgehead atoms. The highest BCUT2D eigenvalue weighted by Gasteiger charge is 2.15. The number of rotatable bonds is 5. The number of carbonyl (C=O) groups is 1. The van der Waals surface area contributed by atoms with Gasteiger partial charge < -0.3 is 11.1 Å². The maximum Gasteiger partial charge on any atom is 0.274 e. The maximum absolute atomic E-state index is 11.6. The highest BCUT2D eigenvalue weighted by molar-refractivity contribution is 5.95. The van der Waals surface area contributed by atoms with Crippen LogP contribution in [0.15, 0.2) is 30.9 Å². The topological polar surface area (TPSA) is 98.3 Å². The SMILES string of the molecule is C=CCC(N)C(=O)Nc1ccc(C)c([N+](=O)[O-])c1. The molecule has 0 fully saturated rings. The molecule has 0 spiro atoms. The van der Waals surface area contributed by atoms with E-state index in [1.54, 1.807) is 25.1 Å². The summed E-state index contributed by atoms with van der Waals surface area (Å²) >= 11 is 0. The first kappa shape index (κ1) is 13.9. The largest absolute Gasteiger partial charge is 0.324 e. The summed E-state index contributed by atoms with van der Waals surface area (Å²) < 4.78 is 0. The molecule has 0 saturated heterocycles. The van der Waals surface area contributed by atoms with Crippen LogP contribution in [0.25, 0.3) is 0 Å². The third-order valence-corrected chi connectivity index (χ3v) is 2.43. The van der Waals surface area contributed by atoms with Gasteiger partial charge in [-0.3, -0.25) is 14.9 Å². The molecular formula is C12H15N3O3. The van der Waals surface area contributed by atoms with Gasteiger partial charge in [0.05, 0.1) is 11.0 Å². The monoisotopic (exact) mass is 249 g/mol. The second-order valence-corrected chi connectivity index (χ2v) is 3.88. The summed E-state index contributed by atoms with van der Waals surface area (Å²) in [6, 6.07) is 3.78. The second-order valence-electron chi connectivity index (χ2n) is 3.88. The Bertz CT molecular complexity index is 485. The minimum absolute atomic E-state index is 0.0370. The van der Waals surface area contributed by atoms with Crippen LogP contribution >= 0.6 is 0 Å². The first-order valence-corrected chi connectivity index (χ1v) is 5.38. The average molecular weight is 249 g/mol. The normalized spacial score (nSPS) is 11.7. The highest BCUT2D eigenvalue weighted by Crippen LogP contribution is 2.22. The lowest BCUT2D eigenvalue weighted by Crippen LogP contribution is -2.35. The van der Waals surface area contributed by atoms with Gasteiger partial charge >= 0.3 is 0 Å². The fourth-order valence-corrected chi connectivity index (χ4v) is 1.41. The van der Waals surface area contributed by atoms with Gasteiger partial charge in [-0.1, -0.05) is 12.1 Å². The fourth-order valence-electron chi connectivity index (χ4n) is 1.41. The van der Waals surface area contributed by atoms with Gasteiger partial charge in [0, 0.05) is 17.3 Å². The summed E-state index contributed by atoms with van der Waals surface area (Å²) in [6.45, 7) is 5.12. The Morgan fingerprint density at radius 1 is 1.67 bits per heavy atom. The van der Waals surface area contributed by atoms with Gasteiger partial charge in [0.1, 0.15) is 0 Å². The lowest BCUT2D eigenvalue weighted by Gasteiger charge is -2.10. The zero-order chi connectivity index (χ0) is 13.7. The van der Waals surface area contributed by atoms with Crippen LogP contribution in [0.1, 0.15) is 12.0 Å². The number of anilines is 1. The number of benzene rings is 1. The summed E-state index contributed by atoms with van der Waals surface area (Å²) in [5.74, 6) is -0.395. The number of carbonyl (C=O) groups excluding carboxylic acids is 1. The molecule has 1 aromatic rings. The van der Waals surface area contributed by atoms with Crippen LogP contribution in [0.5, 0.6) is 0 Å². The third kappa shape index (κ3) is 3.39. The number of nitro groups is 1. The van der Waals surface area contributed by atoms with E-state index in [0.29, 0.717) is 17.7 Å². The number of nitrogens with one attached hydrogen (secondary N) is 1. The van der Waals surface area contributed by atoms with E-state index in [2.05, 4.69) is 11.9 Å². The Hall–Kier alpha value is -2.21. The number of hydrogen-bond donors (Lipinski definition) is 2. The van der Waals surface area contributed by atoms with Crippen LogP contribution in [0.3, 0.4) is 0 Å². The van der Waals surface area contributed by atoms with Crippen molar-refractivity contribution in [3.63, 3.8) is 0 Å². The van der Waals surface area contributed by atoms with Crippen molar-refractivity contribution in [2.24, 2.45) is 5.73 Å². The van der Waals surface area contributed by atoms with Crippen molar-refractivity contribution in [1.29, 1.82) is 0 Å². The molecule has 0 aromatic heterocycles. The Kier molecular flexibility index (Phi) is 4.56. The van der Waals surface area contributed by atoms with E-state index in [4.69, 9.17) is 5.73 Å². The lowest BCUT2D eigenvalue weighted by molar-refractivity contribution is -0.385. The molecule has 0 radical (unpaired) electrons. The Morgan fingerprint density at radius 3 is 2.89 bits per heavy atom. The van der Waals surface area contributed by atoms with Crippen LogP contribution in [0, 0.1) is 17.0 Å². The van der Waals surface area contributed by atoms with Gasteiger partial charge in [0.25, 0.3) is 5.69 Å². The first-order valence-electron chi connectivity index (χ1n) is 5.38. The number of nitrogens with two attached hydrogens (primary N) is 1. The number of hydrogen-bond acceptors (Lipinski definition) is 4. The van der Waals surface area contributed by atoms with E-state index >= 15 is 0 Å². The molecule has 3 N–H and O–H groups in total. The molecule has 18 heavy (non-hydrogen) atoms. The molecule has 6 heteroatoms. The first-order chi connectivity index (χ1) is 8.45. The summed E-state index contributed by atoms with van der Waals surface area (Å²) in [5, 5.41) is 13.3. The average Bonchev–Trinajstić information content (AvgIpc) is 2.31. The van der Waals surface area contributed by atoms with E-state index in [1.165, 1.54) is 6.07 Å². The summed E-state index contributed by atoms with van der Waals surface area (Å²) in [7, 11) is 0. The van der Waals surface area contributed by atoms with Gasteiger partial charge in [-0.25, -0.2) is 0 Å². The van der Waals surface area contributed by atoms with E-state index in [0.717, 1.165) is 0 Å². The molecule has 1 amide bonds. The van der Waals surface area contributed by atoms with Crippen LogP contribution in [-0.4, -0.2) is 16.9 Å². The molecule has 1 aromatic carbocycles. The van der Waals surface area contributed by atoms with Crippen LogP contribution < -0.4 is 11.1 Å². The molecule has 1 rings (SSSR count). The number of aryl methyl sites for hydroxylation is 1. The number of nitro benzene ring substituents is 1. The predicted molar refractivity (Wildman–Crippen MR) is 69.3 cm³/mol. The van der Waals surface area contributed by atoms with Crippen molar-refractivity contribution in [3.8, 4) is 0 Å². The summed E-state index contributed by atoms with van der Waals surface area (Å²) in [4.78, 5) is 21.9. The Morgan fingerprint density at radius 2 is 2.33 bits per heavy atom. The zero-order valence-corrected chi connectivity index (χ0v) is 10.1. The molecule has 0 aliphatic rings. The van der Waals surface area contributed by atoms with Crippen molar-refractivity contribution in [3.05, 3.63) is 46.5 Å². The minimum atomic E-state index is -0.706. The Balaban J connectivity index is 2.85. The van der Waals surface area contributed by atoms with Gasteiger partial charge in [-0.2, -0.15) is 0 Å². The molecule has 0 heterocycles. The van der Waals surface area contributed by atoms with E-state index in [-0.39, 0.29) is 5.69 Å². The van der Waals surface area contributed by atoms with Crippen molar-refractivity contribution in [2.45, 2.75) is 19.4 Å². The van der Waals surface area contributed by atoms with Crippen molar-refractivity contribution in [1.82, 2.24) is 0 Å². The van der Waals surface area contributed by atoms with Gasteiger partial charge in [-0.05, 0) is 19.4 Å². The smallest absolute Gasteiger partial charge is 0.274 e. The highest BCUT2D eigenvalue weighted by atomic mass is 16.6. The molecule has 0 aliphatic carbocycles. The van der Waals surface area contributed by atoms with Crippen molar-refractivity contribution >= 4 is 17.3 Å². The van der Waals surface area contributed by atoms with Gasteiger partial charge in [0.15, 0.2) is 0 Å². The molecule has 1 unspecified atom stereocenters. The fraction of sp³-hybridized carbons (Fsp3) is 0.250. The molecule has 96 valence electrons. The second kappa shape index (κ2) is 5.92. The minimum Gasteiger partial charge on any atom is -0.324 e.